The van der Waals surface area contributed by atoms with Crippen LogP contribution in [0.3, 0.4) is 0 Å². The summed E-state index contributed by atoms with van der Waals surface area (Å²) in [5.74, 6) is 0. The maximum absolute atomic E-state index is 6.73. The van der Waals surface area contributed by atoms with Crippen LogP contribution in [0.4, 0.5) is 0 Å². The van der Waals surface area contributed by atoms with E-state index in [-0.39, 0.29) is 0 Å². The van der Waals surface area contributed by atoms with Crippen molar-refractivity contribution in [2.24, 2.45) is 32.5 Å². The van der Waals surface area contributed by atoms with E-state index in [1.807, 2.05) is 0 Å². The molecule has 4 aliphatic rings. The maximum atomic E-state index is 6.73. The quantitative estimate of drug-likeness (QED) is 0.535. The van der Waals surface area contributed by atoms with Crippen molar-refractivity contribution in [2.75, 3.05) is 0 Å². The normalized spacial score (nSPS) is 45.1. The lowest BCUT2D eigenvalue weighted by Gasteiger charge is -2.29. The lowest BCUT2D eigenvalue weighted by Crippen LogP contribution is -2.37. The Hall–Kier alpha value is 0.177. The largest absolute Gasteiger partial charge is 0.414 e. The third-order valence-corrected chi connectivity index (χ3v) is 11.9. The predicted molar refractivity (Wildman–Crippen MR) is 102 cm³/mol. The molecule has 23 heavy (non-hydrogen) atoms. The third-order valence-electron chi connectivity index (χ3n) is 7.93. The highest BCUT2D eigenvalue weighted by Gasteiger charge is 3.41. The van der Waals surface area contributed by atoms with Gasteiger partial charge in [-0.25, -0.2) is 0 Å². The molecular formula is C21H40OSi. The minimum absolute atomic E-state index is 0.346. The minimum atomic E-state index is -1.79. The first-order valence-corrected chi connectivity index (χ1v) is 12.5. The van der Waals surface area contributed by atoms with Crippen molar-refractivity contribution < 1.29 is 4.43 Å². The van der Waals surface area contributed by atoms with E-state index in [4.69, 9.17) is 4.43 Å². The molecule has 134 valence electrons. The van der Waals surface area contributed by atoms with Crippen LogP contribution < -0.4 is 0 Å². The fraction of sp³-hybridized carbons (Fsp3) is 1.00. The van der Waals surface area contributed by atoms with Gasteiger partial charge in [-0.3, -0.25) is 0 Å². The van der Waals surface area contributed by atoms with Gasteiger partial charge in [-0.05, 0) is 59.4 Å². The van der Waals surface area contributed by atoms with Crippen LogP contribution in [0.15, 0.2) is 0 Å². The molecule has 0 atom stereocenters. The van der Waals surface area contributed by atoms with Crippen LogP contribution in [0, 0.1) is 32.5 Å². The SMILES string of the molecule is CC(C)O[Si](C)(C)C12C3(C(C)(C)C)C1(C(C)(C)C)C32C(C)(C)C. The van der Waals surface area contributed by atoms with Crippen molar-refractivity contribution in [3.63, 3.8) is 0 Å². The van der Waals surface area contributed by atoms with E-state index in [0.717, 1.165) is 0 Å². The van der Waals surface area contributed by atoms with E-state index in [0.29, 0.717) is 43.6 Å². The van der Waals surface area contributed by atoms with Gasteiger partial charge < -0.3 is 4.43 Å². The molecule has 0 aromatic rings. The van der Waals surface area contributed by atoms with Crippen molar-refractivity contribution >= 4 is 8.32 Å². The second-order valence-corrected chi connectivity index (χ2v) is 16.4. The number of hydrogen-bond donors (Lipinski definition) is 0. The summed E-state index contributed by atoms with van der Waals surface area (Å²) in [6.45, 7) is 31.9. The molecule has 4 rings (SSSR count). The molecule has 4 saturated carbocycles. The van der Waals surface area contributed by atoms with Crippen LogP contribution in [-0.2, 0) is 4.43 Å². The summed E-state index contributed by atoms with van der Waals surface area (Å²) in [4.78, 5) is 0. The summed E-state index contributed by atoms with van der Waals surface area (Å²) in [5.41, 5.74) is 2.58. The molecule has 0 amide bonds. The minimum Gasteiger partial charge on any atom is -0.414 e. The Kier molecular flexibility index (Phi) is 2.86. The molecule has 4 fully saturated rings. The van der Waals surface area contributed by atoms with Gasteiger partial charge in [0.2, 0.25) is 0 Å². The zero-order valence-electron chi connectivity index (χ0n) is 18.0. The smallest absolute Gasteiger partial charge is 0.195 e. The standard InChI is InChI=1S/C21H40OSi/c1-14(2)22-23(12,13)21-18(15(3,4)5)19(21,16(6,7)8)20(18,21)17(9,10)11/h14H,1-13H3. The molecule has 0 radical (unpaired) electrons. The monoisotopic (exact) mass is 336 g/mol. The van der Waals surface area contributed by atoms with Crippen LogP contribution in [0.1, 0.15) is 76.2 Å². The lowest BCUT2D eigenvalue weighted by molar-refractivity contribution is 0.225. The zero-order valence-corrected chi connectivity index (χ0v) is 19.0. The van der Waals surface area contributed by atoms with Gasteiger partial charge in [0, 0.05) is 11.1 Å². The Morgan fingerprint density at radius 2 is 0.913 bits per heavy atom. The molecule has 0 heterocycles. The van der Waals surface area contributed by atoms with E-state index in [2.05, 4.69) is 89.3 Å². The van der Waals surface area contributed by atoms with Gasteiger partial charge >= 0.3 is 0 Å². The molecule has 0 unspecified atom stereocenters. The second-order valence-electron chi connectivity index (χ2n) is 12.4. The molecule has 0 N–H and O–H groups in total. The Morgan fingerprint density at radius 1 is 0.652 bits per heavy atom. The molecule has 0 aliphatic heterocycles. The van der Waals surface area contributed by atoms with Crippen molar-refractivity contribution in [2.45, 2.75) is 100 Å². The van der Waals surface area contributed by atoms with Gasteiger partial charge in [0.1, 0.15) is 0 Å². The average Bonchev–Trinajstić information content (AvgIpc) is 3.06. The number of rotatable bonds is 3. The van der Waals surface area contributed by atoms with Crippen molar-refractivity contribution in [3.8, 4) is 0 Å². The fourth-order valence-corrected chi connectivity index (χ4v) is 15.3. The maximum Gasteiger partial charge on any atom is 0.195 e. The van der Waals surface area contributed by atoms with Crippen LogP contribution >= 0.6 is 0 Å². The average molecular weight is 337 g/mol. The molecule has 2 heteroatoms. The van der Waals surface area contributed by atoms with Gasteiger partial charge in [-0.1, -0.05) is 62.3 Å². The highest BCUT2D eigenvalue weighted by atomic mass is 28.4. The van der Waals surface area contributed by atoms with E-state index >= 15 is 0 Å². The van der Waals surface area contributed by atoms with E-state index in [1.165, 1.54) is 0 Å². The molecule has 0 aromatic carbocycles. The molecular weight excluding hydrogens is 296 g/mol. The van der Waals surface area contributed by atoms with Crippen LogP contribution in [0.2, 0.25) is 18.1 Å². The van der Waals surface area contributed by atoms with E-state index < -0.39 is 8.32 Å². The Labute approximate surface area is 146 Å². The summed E-state index contributed by atoms with van der Waals surface area (Å²) < 4.78 is 6.73. The highest BCUT2D eigenvalue weighted by Crippen LogP contribution is 3.44. The van der Waals surface area contributed by atoms with Crippen LogP contribution in [0.25, 0.3) is 0 Å². The first-order chi connectivity index (χ1) is 9.92. The van der Waals surface area contributed by atoms with Crippen molar-refractivity contribution in [1.29, 1.82) is 0 Å². The van der Waals surface area contributed by atoms with Gasteiger partial charge in [0.25, 0.3) is 0 Å². The van der Waals surface area contributed by atoms with Gasteiger partial charge in [0.05, 0.1) is 0 Å². The number of hydrogen-bond acceptors (Lipinski definition) is 1. The summed E-state index contributed by atoms with van der Waals surface area (Å²) >= 11 is 0. The highest BCUT2D eigenvalue weighted by molar-refractivity contribution is 6.80. The summed E-state index contributed by atoms with van der Waals surface area (Å²) in [6.07, 6.45) is 0.346. The summed E-state index contributed by atoms with van der Waals surface area (Å²) in [7, 11) is -1.79. The summed E-state index contributed by atoms with van der Waals surface area (Å²) in [6, 6.07) is 0. The van der Waals surface area contributed by atoms with Gasteiger partial charge in [-0.15, -0.1) is 0 Å². The first-order valence-electron chi connectivity index (χ1n) is 9.59. The van der Waals surface area contributed by atoms with Gasteiger partial charge in [0.15, 0.2) is 8.32 Å². The topological polar surface area (TPSA) is 9.23 Å². The Bertz CT molecular complexity index is 492. The van der Waals surface area contributed by atoms with Gasteiger partial charge in [-0.2, -0.15) is 0 Å². The molecule has 0 bridgehead atoms. The molecule has 0 aromatic heterocycles. The van der Waals surface area contributed by atoms with E-state index in [1.54, 1.807) is 0 Å². The van der Waals surface area contributed by atoms with Crippen molar-refractivity contribution in [3.05, 3.63) is 0 Å². The summed E-state index contributed by atoms with van der Waals surface area (Å²) in [5, 5.41) is 0.485. The molecule has 0 spiro atoms. The zero-order chi connectivity index (χ0) is 18.3. The molecule has 0 saturated heterocycles. The Morgan fingerprint density at radius 3 is 1.09 bits per heavy atom. The second kappa shape index (κ2) is 3.65. The first kappa shape index (κ1) is 18.0. The third kappa shape index (κ3) is 1.19. The molecule has 4 aliphatic carbocycles. The van der Waals surface area contributed by atoms with Crippen LogP contribution in [0.5, 0.6) is 0 Å². The lowest BCUT2D eigenvalue weighted by atomic mass is 9.81. The van der Waals surface area contributed by atoms with Crippen LogP contribution in [-0.4, -0.2) is 14.4 Å². The predicted octanol–water partition coefficient (Wildman–Crippen LogP) is 6.50. The fourth-order valence-electron chi connectivity index (χ4n) is 9.16. The Balaban J connectivity index is 2.21. The molecule has 1 nitrogen and oxygen atoms in total. The van der Waals surface area contributed by atoms with E-state index in [9.17, 15) is 0 Å². The van der Waals surface area contributed by atoms with Crippen molar-refractivity contribution in [1.82, 2.24) is 0 Å².